The number of aromatic nitrogens is 1. The van der Waals surface area contributed by atoms with Gasteiger partial charge in [0, 0.05) is 48.1 Å². The number of esters is 1. The number of hydrogen-bond donors (Lipinski definition) is 3. The predicted molar refractivity (Wildman–Crippen MR) is 153 cm³/mol. The number of aliphatic hydroxyl groups excluding tert-OH is 1. The molecule has 0 amide bonds. The number of rotatable bonds is 4. The third-order valence-electron chi connectivity index (χ3n) is 12.3. The minimum absolute atomic E-state index is 0.250. The molecule has 7 aliphatic rings. The molecule has 4 heterocycles. The molecule has 8 nitrogen and oxygen atoms in total. The molecule has 1 aromatic rings. The van der Waals surface area contributed by atoms with E-state index >= 15 is 0 Å². The van der Waals surface area contributed by atoms with Crippen molar-refractivity contribution in [2.75, 3.05) is 26.7 Å². The molecule has 1 aromatic heterocycles. The van der Waals surface area contributed by atoms with Crippen LogP contribution in [0.1, 0.15) is 86.6 Å². The Balaban J connectivity index is 1.31. The number of carbonyl (C=O) groups is 1. The summed E-state index contributed by atoms with van der Waals surface area (Å²) in [5.74, 6) is -1.29. The lowest BCUT2D eigenvalue weighted by atomic mass is 9.41. The van der Waals surface area contributed by atoms with Gasteiger partial charge in [0.2, 0.25) is 0 Å². The Morgan fingerprint density at radius 2 is 2.05 bits per heavy atom. The highest BCUT2D eigenvalue weighted by atomic mass is 16.7. The topological polar surface area (TPSA) is 104 Å². The summed E-state index contributed by atoms with van der Waals surface area (Å²) in [4.78, 5) is 19.2. The zero-order valence-electron chi connectivity index (χ0n) is 25.4. The zero-order valence-corrected chi connectivity index (χ0v) is 25.4. The number of nitrogens with one attached hydrogen (secondary N) is 1. The Morgan fingerprint density at radius 1 is 1.27 bits per heavy atom. The summed E-state index contributed by atoms with van der Waals surface area (Å²) < 4.78 is 20.0. The molecule has 4 aliphatic carbocycles. The van der Waals surface area contributed by atoms with Crippen LogP contribution in [0.15, 0.2) is 23.3 Å². The Bertz CT molecular complexity index is 1370. The molecule has 2 saturated carbocycles. The highest BCUT2D eigenvalue weighted by Gasteiger charge is 2.79. The number of hydrogen-bond acceptors (Lipinski definition) is 7. The number of aliphatic hydroxyl groups is 2. The minimum atomic E-state index is -1.22. The van der Waals surface area contributed by atoms with Crippen LogP contribution < -0.4 is 0 Å². The van der Waals surface area contributed by atoms with Crippen LogP contribution in [0.2, 0.25) is 0 Å². The van der Waals surface area contributed by atoms with E-state index in [0.717, 1.165) is 53.9 Å². The Hall–Kier alpha value is -1.97. The summed E-state index contributed by atoms with van der Waals surface area (Å²) in [6, 6.07) is 0. The molecule has 0 aromatic carbocycles. The van der Waals surface area contributed by atoms with Crippen molar-refractivity contribution in [2.45, 2.75) is 109 Å². The smallest absolute Gasteiger partial charge is 0.340 e. The second-order valence-corrected chi connectivity index (χ2v) is 14.2. The van der Waals surface area contributed by atoms with E-state index in [-0.39, 0.29) is 17.3 Å². The van der Waals surface area contributed by atoms with Crippen LogP contribution in [0, 0.1) is 30.6 Å². The fourth-order valence-corrected chi connectivity index (χ4v) is 10.4. The van der Waals surface area contributed by atoms with Gasteiger partial charge in [-0.25, -0.2) is 4.79 Å². The van der Waals surface area contributed by atoms with Gasteiger partial charge in [0.05, 0.1) is 18.3 Å². The molecule has 4 bridgehead atoms. The SMILES string of the molecule is CCc1[nH]c(C)c(C(=O)OC(C)C2=CC[C@@]34OCCN(C)CC23C[C@@H](O)C23O[C@@]5(O)CC[C@@]2(C)[C@H](CC=C34)C5)c1C. The van der Waals surface area contributed by atoms with Crippen molar-refractivity contribution in [2.24, 2.45) is 16.7 Å². The van der Waals surface area contributed by atoms with Crippen molar-refractivity contribution < 1.29 is 29.2 Å². The zero-order chi connectivity index (χ0) is 29.2. The third kappa shape index (κ3) is 3.32. The number of nitrogens with zero attached hydrogens (tertiary/aromatic N) is 1. The van der Waals surface area contributed by atoms with Crippen molar-refractivity contribution in [3.05, 3.63) is 45.8 Å². The number of H-pyrrole nitrogens is 1. The molecule has 5 fully saturated rings. The first-order chi connectivity index (χ1) is 19.4. The quantitative estimate of drug-likeness (QED) is 0.372. The maximum atomic E-state index is 13.6. The van der Waals surface area contributed by atoms with Crippen LogP contribution in [0.25, 0.3) is 0 Å². The van der Waals surface area contributed by atoms with Crippen LogP contribution in [0.5, 0.6) is 0 Å². The third-order valence-corrected chi connectivity index (χ3v) is 12.3. The molecule has 3 aliphatic heterocycles. The highest BCUT2D eigenvalue weighted by Crippen LogP contribution is 2.74. The summed E-state index contributed by atoms with van der Waals surface area (Å²) >= 11 is 0. The first-order valence-electron chi connectivity index (χ1n) is 15.6. The first kappa shape index (κ1) is 27.8. The van der Waals surface area contributed by atoms with E-state index < -0.39 is 34.6 Å². The molecule has 8 atom stereocenters. The Labute approximate surface area is 243 Å². The fraction of sp³-hybridized carbons (Fsp3) is 0.727. The van der Waals surface area contributed by atoms with Crippen LogP contribution in [0.4, 0.5) is 0 Å². The normalized spacial score (nSPS) is 43.8. The van der Waals surface area contributed by atoms with Gasteiger partial charge in [-0.05, 0) is 82.6 Å². The first-order valence-corrected chi connectivity index (χ1v) is 15.6. The number of carbonyl (C=O) groups excluding carboxylic acids is 1. The van der Waals surface area contributed by atoms with E-state index in [1.165, 1.54) is 0 Å². The van der Waals surface area contributed by atoms with Gasteiger partial charge in [-0.3, -0.25) is 0 Å². The van der Waals surface area contributed by atoms with Gasteiger partial charge in [0.25, 0.3) is 0 Å². The lowest BCUT2D eigenvalue weighted by molar-refractivity contribution is -0.401. The number of likely N-dealkylation sites (N-methyl/N-ethyl adjacent to an activating group) is 1. The van der Waals surface area contributed by atoms with Crippen molar-refractivity contribution >= 4 is 5.97 Å². The van der Waals surface area contributed by atoms with Crippen molar-refractivity contribution in [3.63, 3.8) is 0 Å². The Kier molecular flexibility index (Phi) is 5.97. The lowest BCUT2D eigenvalue weighted by Gasteiger charge is -2.73. The standard InChI is InChI=1S/C33H46N2O6/c1-7-24-19(2)27(20(3)34-24)28(37)40-21(4)23-10-11-32-25-9-8-22-16-31(38)13-12-29(22,5)33(25,41-31)26(36)17-30(23,32)18-35(6)14-15-39-32/h9-10,21-22,26,34,36,38H,7-8,11-18H2,1-6H3/t21?,22-,26-,29+,30?,31+,32+,33?/m1/s1. The largest absolute Gasteiger partial charge is 0.454 e. The molecular formula is C33H46N2O6. The van der Waals surface area contributed by atoms with E-state index in [0.29, 0.717) is 44.4 Å². The molecular weight excluding hydrogens is 520 g/mol. The van der Waals surface area contributed by atoms with Gasteiger partial charge in [-0.15, -0.1) is 0 Å². The summed E-state index contributed by atoms with van der Waals surface area (Å²) in [7, 11) is 2.10. The highest BCUT2D eigenvalue weighted by molar-refractivity contribution is 5.93. The average Bonchev–Trinajstić information content (AvgIpc) is 3.31. The number of allylic oxidation sites excluding steroid dienone is 1. The maximum Gasteiger partial charge on any atom is 0.340 e. The second-order valence-electron chi connectivity index (χ2n) is 14.2. The number of fused-ring (bicyclic) bond motifs is 1. The van der Waals surface area contributed by atoms with Gasteiger partial charge in [0.15, 0.2) is 5.79 Å². The average molecular weight is 567 g/mol. The predicted octanol–water partition coefficient (Wildman–Crippen LogP) is 4.12. The monoisotopic (exact) mass is 566 g/mol. The van der Waals surface area contributed by atoms with Crippen molar-refractivity contribution in [1.29, 1.82) is 0 Å². The molecule has 3 N–H and O–H groups in total. The van der Waals surface area contributed by atoms with Crippen LogP contribution in [-0.4, -0.2) is 82.0 Å². The fourth-order valence-electron chi connectivity index (χ4n) is 10.4. The van der Waals surface area contributed by atoms with E-state index in [2.05, 4.69) is 42.9 Å². The van der Waals surface area contributed by atoms with Gasteiger partial charge in [-0.2, -0.15) is 0 Å². The Morgan fingerprint density at radius 3 is 2.78 bits per heavy atom. The molecule has 0 radical (unpaired) electrons. The van der Waals surface area contributed by atoms with Crippen LogP contribution >= 0.6 is 0 Å². The van der Waals surface area contributed by atoms with Gasteiger partial charge >= 0.3 is 5.97 Å². The molecule has 224 valence electrons. The molecule has 3 unspecified atom stereocenters. The van der Waals surface area contributed by atoms with Gasteiger partial charge in [-0.1, -0.05) is 26.0 Å². The molecule has 41 heavy (non-hydrogen) atoms. The summed E-state index contributed by atoms with van der Waals surface area (Å²) in [6.45, 7) is 12.2. The van der Waals surface area contributed by atoms with Gasteiger partial charge in [0.1, 0.15) is 17.3 Å². The summed E-state index contributed by atoms with van der Waals surface area (Å²) in [5, 5.41) is 23.9. The molecule has 8 heteroatoms. The van der Waals surface area contributed by atoms with Gasteiger partial charge < -0.3 is 34.3 Å². The molecule has 8 rings (SSSR count). The second kappa shape index (κ2) is 8.79. The van der Waals surface area contributed by atoms with Crippen LogP contribution in [0.3, 0.4) is 0 Å². The lowest BCUT2D eigenvalue weighted by Crippen LogP contribution is -2.79. The van der Waals surface area contributed by atoms with Crippen LogP contribution in [-0.2, 0) is 20.6 Å². The molecule has 3 saturated heterocycles. The van der Waals surface area contributed by atoms with E-state index in [4.69, 9.17) is 14.2 Å². The summed E-state index contributed by atoms with van der Waals surface area (Å²) in [6.07, 6.45) is 7.89. The minimum Gasteiger partial charge on any atom is -0.454 e. The van der Waals surface area contributed by atoms with E-state index in [1.807, 2.05) is 20.8 Å². The number of ether oxygens (including phenoxy) is 3. The van der Waals surface area contributed by atoms with E-state index in [1.54, 1.807) is 0 Å². The maximum absolute atomic E-state index is 13.6. The number of aromatic amines is 1. The van der Waals surface area contributed by atoms with E-state index in [9.17, 15) is 15.0 Å². The van der Waals surface area contributed by atoms with Crippen molar-refractivity contribution in [1.82, 2.24) is 9.88 Å². The summed E-state index contributed by atoms with van der Waals surface area (Å²) in [5.41, 5.74) is 2.85. The molecule has 1 spiro atoms. The number of aryl methyl sites for hydroxylation is 2. The van der Waals surface area contributed by atoms with Crippen molar-refractivity contribution in [3.8, 4) is 0 Å².